The molecule has 2 N–H and O–H groups in total. The van der Waals surface area contributed by atoms with Crippen molar-refractivity contribution < 1.29 is 0 Å². The minimum atomic E-state index is 0.736. The monoisotopic (exact) mass is 245 g/mol. The summed E-state index contributed by atoms with van der Waals surface area (Å²) < 4.78 is 0. The minimum Gasteiger partial charge on any atom is -0.357 e. The maximum Gasteiger partial charge on any atom is 0.191 e. The van der Waals surface area contributed by atoms with Crippen molar-refractivity contribution in [3.05, 3.63) is 35.9 Å². The van der Waals surface area contributed by atoms with E-state index in [1.54, 1.807) is 0 Å². The predicted molar refractivity (Wildman–Crippen MR) is 76.6 cm³/mol. The first-order valence-electron chi connectivity index (χ1n) is 6.94. The summed E-state index contributed by atoms with van der Waals surface area (Å²) in [4.78, 5) is 4.60. The van der Waals surface area contributed by atoms with E-state index in [1.165, 1.54) is 24.8 Å². The van der Waals surface area contributed by atoms with Gasteiger partial charge in [-0.25, -0.2) is 4.99 Å². The van der Waals surface area contributed by atoms with Crippen molar-refractivity contribution in [1.29, 1.82) is 0 Å². The molecule has 3 nitrogen and oxygen atoms in total. The van der Waals surface area contributed by atoms with E-state index >= 15 is 0 Å². The fourth-order valence-electron chi connectivity index (χ4n) is 1.90. The number of guanidine groups is 1. The van der Waals surface area contributed by atoms with Crippen LogP contribution in [0.25, 0.3) is 0 Å². The molecule has 0 heterocycles. The number of nitrogens with zero attached hydrogens (tertiary/aromatic N) is 1. The van der Waals surface area contributed by atoms with Crippen LogP contribution in [0.5, 0.6) is 0 Å². The second-order valence-electron chi connectivity index (χ2n) is 4.84. The Kier molecular flexibility index (Phi) is 5.06. The lowest BCUT2D eigenvalue weighted by atomic mass is 10.2. The maximum atomic E-state index is 4.60. The summed E-state index contributed by atoms with van der Waals surface area (Å²) in [5.41, 5.74) is 1.25. The van der Waals surface area contributed by atoms with Gasteiger partial charge < -0.3 is 10.6 Å². The molecule has 0 saturated heterocycles. The summed E-state index contributed by atoms with van der Waals surface area (Å²) in [6.07, 6.45) is 4.11. The number of rotatable bonds is 6. The molecule has 1 fully saturated rings. The van der Waals surface area contributed by atoms with E-state index in [-0.39, 0.29) is 0 Å². The highest BCUT2D eigenvalue weighted by Gasteiger charge is 2.20. The molecule has 98 valence electrons. The first-order chi connectivity index (χ1) is 8.88. The third-order valence-corrected chi connectivity index (χ3v) is 3.15. The second kappa shape index (κ2) is 7.04. The smallest absolute Gasteiger partial charge is 0.191 e. The third-order valence-electron chi connectivity index (χ3n) is 3.15. The molecule has 0 spiro atoms. The molecule has 1 aromatic rings. The highest BCUT2D eigenvalue weighted by atomic mass is 15.2. The van der Waals surface area contributed by atoms with E-state index < -0.39 is 0 Å². The van der Waals surface area contributed by atoms with Gasteiger partial charge in [-0.1, -0.05) is 43.2 Å². The summed E-state index contributed by atoms with van der Waals surface area (Å²) in [6.45, 7) is 4.77. The highest BCUT2D eigenvalue weighted by Crippen LogP contribution is 2.31. The van der Waals surface area contributed by atoms with Gasteiger partial charge in [0.15, 0.2) is 5.96 Å². The molecule has 18 heavy (non-hydrogen) atoms. The van der Waals surface area contributed by atoms with Gasteiger partial charge in [0.05, 0.1) is 6.54 Å². The SMILES string of the molecule is CCNC(=NCc1ccccc1)NCCC1CC1. The van der Waals surface area contributed by atoms with Crippen molar-refractivity contribution in [2.24, 2.45) is 10.9 Å². The maximum absolute atomic E-state index is 4.60. The molecule has 2 rings (SSSR count). The van der Waals surface area contributed by atoms with Crippen LogP contribution in [-0.2, 0) is 6.54 Å². The van der Waals surface area contributed by atoms with Crippen LogP contribution in [0.1, 0.15) is 31.7 Å². The minimum absolute atomic E-state index is 0.736. The molecule has 0 atom stereocenters. The van der Waals surface area contributed by atoms with Crippen LogP contribution in [0.3, 0.4) is 0 Å². The van der Waals surface area contributed by atoms with Crippen LogP contribution >= 0.6 is 0 Å². The molecule has 1 aliphatic rings. The highest BCUT2D eigenvalue weighted by molar-refractivity contribution is 5.79. The molecule has 0 aliphatic heterocycles. The van der Waals surface area contributed by atoms with E-state index in [0.29, 0.717) is 0 Å². The van der Waals surface area contributed by atoms with E-state index in [9.17, 15) is 0 Å². The van der Waals surface area contributed by atoms with Crippen LogP contribution in [0, 0.1) is 5.92 Å². The lowest BCUT2D eigenvalue weighted by Gasteiger charge is -2.10. The number of hydrogen-bond acceptors (Lipinski definition) is 1. The molecule has 1 aromatic carbocycles. The molecular weight excluding hydrogens is 222 g/mol. The van der Waals surface area contributed by atoms with Crippen LogP contribution in [0.4, 0.5) is 0 Å². The number of hydrogen-bond donors (Lipinski definition) is 2. The predicted octanol–water partition coefficient (Wildman–Crippen LogP) is 2.54. The molecule has 1 aliphatic carbocycles. The number of nitrogens with one attached hydrogen (secondary N) is 2. The lowest BCUT2D eigenvalue weighted by Crippen LogP contribution is -2.37. The molecule has 0 amide bonds. The van der Waals surface area contributed by atoms with Crippen LogP contribution < -0.4 is 10.6 Å². The molecule has 3 heteroatoms. The van der Waals surface area contributed by atoms with Gasteiger partial charge >= 0.3 is 0 Å². The average Bonchev–Trinajstić information content (AvgIpc) is 3.21. The fraction of sp³-hybridized carbons (Fsp3) is 0.533. The molecule has 0 aromatic heterocycles. The van der Waals surface area contributed by atoms with E-state index in [4.69, 9.17) is 0 Å². The topological polar surface area (TPSA) is 36.4 Å². The Balaban J connectivity index is 1.78. The van der Waals surface area contributed by atoms with Gasteiger partial charge in [0.1, 0.15) is 0 Å². The van der Waals surface area contributed by atoms with Gasteiger partial charge in [0, 0.05) is 13.1 Å². The Morgan fingerprint density at radius 2 is 2.00 bits per heavy atom. The van der Waals surface area contributed by atoms with Gasteiger partial charge in [0.2, 0.25) is 0 Å². The zero-order valence-electron chi connectivity index (χ0n) is 11.2. The Bertz CT molecular complexity index is 369. The van der Waals surface area contributed by atoms with Gasteiger partial charge in [0.25, 0.3) is 0 Å². The molecule has 0 bridgehead atoms. The normalized spacial score (nSPS) is 15.5. The van der Waals surface area contributed by atoms with Crippen molar-refractivity contribution in [1.82, 2.24) is 10.6 Å². The largest absolute Gasteiger partial charge is 0.357 e. The standard InChI is InChI=1S/C15H23N3/c1-2-16-15(17-11-10-13-8-9-13)18-12-14-6-4-3-5-7-14/h3-7,13H,2,8-12H2,1H3,(H2,16,17,18). The first kappa shape index (κ1) is 12.9. The van der Waals surface area contributed by atoms with Gasteiger partial charge in [-0.3, -0.25) is 0 Å². The summed E-state index contributed by atoms with van der Waals surface area (Å²) in [5, 5.41) is 6.69. The van der Waals surface area contributed by atoms with E-state index in [1.807, 2.05) is 6.07 Å². The average molecular weight is 245 g/mol. The van der Waals surface area contributed by atoms with E-state index in [0.717, 1.165) is 31.5 Å². The Morgan fingerprint density at radius 3 is 2.67 bits per heavy atom. The molecule has 0 radical (unpaired) electrons. The first-order valence-corrected chi connectivity index (χ1v) is 6.94. The molecule has 0 unspecified atom stereocenters. The van der Waals surface area contributed by atoms with Crippen molar-refractivity contribution in [3.63, 3.8) is 0 Å². The van der Waals surface area contributed by atoms with Crippen molar-refractivity contribution in [3.8, 4) is 0 Å². The second-order valence-corrected chi connectivity index (χ2v) is 4.84. The molecular formula is C15H23N3. The zero-order valence-corrected chi connectivity index (χ0v) is 11.2. The van der Waals surface area contributed by atoms with Gasteiger partial charge in [-0.2, -0.15) is 0 Å². The molecule has 1 saturated carbocycles. The van der Waals surface area contributed by atoms with Crippen LogP contribution in [-0.4, -0.2) is 19.0 Å². The Hall–Kier alpha value is -1.51. The Morgan fingerprint density at radius 1 is 1.22 bits per heavy atom. The quantitative estimate of drug-likeness (QED) is 0.597. The van der Waals surface area contributed by atoms with Gasteiger partial charge in [-0.15, -0.1) is 0 Å². The number of benzene rings is 1. The van der Waals surface area contributed by atoms with Crippen molar-refractivity contribution in [2.45, 2.75) is 32.7 Å². The summed E-state index contributed by atoms with van der Waals surface area (Å²) in [6, 6.07) is 10.4. The summed E-state index contributed by atoms with van der Waals surface area (Å²) in [7, 11) is 0. The fourth-order valence-corrected chi connectivity index (χ4v) is 1.90. The van der Waals surface area contributed by atoms with Crippen molar-refractivity contribution >= 4 is 5.96 Å². The Labute approximate surface area is 110 Å². The van der Waals surface area contributed by atoms with Crippen LogP contribution in [0.2, 0.25) is 0 Å². The van der Waals surface area contributed by atoms with E-state index in [2.05, 4.69) is 46.8 Å². The number of aliphatic imine (C=N–C) groups is 1. The summed E-state index contributed by atoms with van der Waals surface area (Å²) in [5.74, 6) is 1.90. The summed E-state index contributed by atoms with van der Waals surface area (Å²) >= 11 is 0. The van der Waals surface area contributed by atoms with Crippen molar-refractivity contribution in [2.75, 3.05) is 13.1 Å². The van der Waals surface area contributed by atoms with Gasteiger partial charge in [-0.05, 0) is 24.8 Å². The lowest BCUT2D eigenvalue weighted by molar-refractivity contribution is 0.685. The third kappa shape index (κ3) is 4.78. The van der Waals surface area contributed by atoms with Crippen LogP contribution in [0.15, 0.2) is 35.3 Å². The zero-order chi connectivity index (χ0) is 12.6.